The molecule has 188 valence electrons. The fraction of sp³-hybridized carbons (Fsp3) is 0.310. The number of hydroxylamine groups is 1. The van der Waals surface area contributed by atoms with Crippen molar-refractivity contribution in [2.75, 3.05) is 23.9 Å². The number of nitrogens with zero attached hydrogens (tertiary/aromatic N) is 2. The molecule has 2 atom stereocenters. The van der Waals surface area contributed by atoms with Crippen LogP contribution in [0.25, 0.3) is 0 Å². The minimum absolute atomic E-state index is 0.0768. The Kier molecular flexibility index (Phi) is 8.36. The van der Waals surface area contributed by atoms with Gasteiger partial charge in [-0.1, -0.05) is 60.7 Å². The lowest BCUT2D eigenvalue weighted by Crippen LogP contribution is -2.53. The molecule has 1 aliphatic rings. The number of benzene rings is 3. The van der Waals surface area contributed by atoms with Gasteiger partial charge in [-0.3, -0.25) is 20.1 Å². The number of carbonyl (C=O) groups is 2. The standard InChI is InChI=1S/C29H34N4O3/c1-32(2)24-16-12-22(13-17-24)20-33-27-11-7-6-10-23(27)15-19-26(29(33)35)30-25(28(34)31-36)18-14-21-8-4-3-5-9-21/h3-13,16-17,25-26,30,36H,14-15,18-20H2,1-2H3,(H,31,34)/t25-,26?/m0/s1. The summed E-state index contributed by atoms with van der Waals surface area (Å²) in [5.74, 6) is -0.613. The van der Waals surface area contributed by atoms with Gasteiger partial charge in [-0.15, -0.1) is 0 Å². The first-order chi connectivity index (χ1) is 17.5. The highest BCUT2D eigenvalue weighted by Crippen LogP contribution is 2.29. The zero-order valence-electron chi connectivity index (χ0n) is 20.9. The van der Waals surface area contributed by atoms with E-state index in [1.165, 1.54) is 0 Å². The number of aryl methyl sites for hydroxylation is 2. The molecule has 1 unspecified atom stereocenters. The van der Waals surface area contributed by atoms with Gasteiger partial charge in [-0.05, 0) is 60.6 Å². The number of hydrogen-bond donors (Lipinski definition) is 3. The topological polar surface area (TPSA) is 84.9 Å². The van der Waals surface area contributed by atoms with E-state index in [0.717, 1.165) is 28.1 Å². The Morgan fingerprint density at radius 2 is 1.69 bits per heavy atom. The largest absolute Gasteiger partial charge is 0.378 e. The van der Waals surface area contributed by atoms with E-state index in [1.54, 1.807) is 5.48 Å². The van der Waals surface area contributed by atoms with Gasteiger partial charge >= 0.3 is 0 Å². The number of hydrogen-bond acceptors (Lipinski definition) is 5. The minimum Gasteiger partial charge on any atom is -0.378 e. The highest BCUT2D eigenvalue weighted by atomic mass is 16.5. The summed E-state index contributed by atoms with van der Waals surface area (Å²) in [6.45, 7) is 0.433. The van der Waals surface area contributed by atoms with Gasteiger partial charge in [-0.25, -0.2) is 5.48 Å². The summed E-state index contributed by atoms with van der Waals surface area (Å²) in [5, 5.41) is 12.6. The van der Waals surface area contributed by atoms with Crippen molar-refractivity contribution in [2.45, 2.75) is 44.3 Å². The van der Waals surface area contributed by atoms with Gasteiger partial charge in [0.1, 0.15) is 0 Å². The molecule has 0 bridgehead atoms. The van der Waals surface area contributed by atoms with Crippen LogP contribution in [-0.4, -0.2) is 43.2 Å². The smallest absolute Gasteiger partial charge is 0.260 e. The maximum Gasteiger partial charge on any atom is 0.260 e. The summed E-state index contributed by atoms with van der Waals surface area (Å²) in [7, 11) is 3.99. The van der Waals surface area contributed by atoms with Gasteiger partial charge in [0.25, 0.3) is 5.91 Å². The third-order valence-corrected chi connectivity index (χ3v) is 6.74. The van der Waals surface area contributed by atoms with E-state index in [4.69, 9.17) is 0 Å². The first-order valence-corrected chi connectivity index (χ1v) is 12.4. The van der Waals surface area contributed by atoms with Gasteiger partial charge < -0.3 is 9.80 Å². The Balaban J connectivity index is 1.56. The van der Waals surface area contributed by atoms with E-state index in [2.05, 4.69) is 11.4 Å². The molecule has 0 saturated heterocycles. The highest BCUT2D eigenvalue weighted by molar-refractivity contribution is 5.99. The van der Waals surface area contributed by atoms with Crippen molar-refractivity contribution in [1.82, 2.24) is 10.8 Å². The molecule has 3 aromatic rings. The second kappa shape index (κ2) is 11.8. The molecule has 0 fully saturated rings. The third kappa shape index (κ3) is 6.11. The predicted molar refractivity (Wildman–Crippen MR) is 142 cm³/mol. The Labute approximate surface area is 212 Å². The van der Waals surface area contributed by atoms with E-state index < -0.39 is 18.0 Å². The van der Waals surface area contributed by atoms with E-state index in [1.807, 2.05) is 96.7 Å². The van der Waals surface area contributed by atoms with E-state index >= 15 is 0 Å². The summed E-state index contributed by atoms with van der Waals surface area (Å²) in [6.07, 6.45) is 2.38. The maximum absolute atomic E-state index is 13.9. The van der Waals surface area contributed by atoms with Crippen LogP contribution in [-0.2, 0) is 29.0 Å². The number of fused-ring (bicyclic) bond motifs is 1. The van der Waals surface area contributed by atoms with E-state index in [-0.39, 0.29) is 5.91 Å². The molecule has 0 aliphatic carbocycles. The molecule has 7 nitrogen and oxygen atoms in total. The van der Waals surface area contributed by atoms with Gasteiger partial charge in [0, 0.05) is 25.5 Å². The zero-order valence-corrected chi connectivity index (χ0v) is 20.9. The number of amides is 2. The van der Waals surface area contributed by atoms with Crippen LogP contribution in [0.3, 0.4) is 0 Å². The Bertz CT molecular complexity index is 1160. The van der Waals surface area contributed by atoms with Crippen molar-refractivity contribution in [3.63, 3.8) is 0 Å². The fourth-order valence-corrected chi connectivity index (χ4v) is 4.68. The first-order valence-electron chi connectivity index (χ1n) is 12.4. The van der Waals surface area contributed by atoms with E-state index in [9.17, 15) is 14.8 Å². The van der Waals surface area contributed by atoms with Crippen molar-refractivity contribution >= 4 is 23.2 Å². The zero-order chi connectivity index (χ0) is 25.5. The van der Waals surface area contributed by atoms with Crippen LogP contribution < -0.4 is 20.6 Å². The Morgan fingerprint density at radius 3 is 2.39 bits per heavy atom. The molecule has 36 heavy (non-hydrogen) atoms. The summed E-state index contributed by atoms with van der Waals surface area (Å²) < 4.78 is 0. The molecule has 2 amide bonds. The normalized spacial score (nSPS) is 16.1. The predicted octanol–water partition coefficient (Wildman–Crippen LogP) is 3.70. The summed E-state index contributed by atoms with van der Waals surface area (Å²) in [6, 6.07) is 24.8. The first kappa shape index (κ1) is 25.4. The maximum atomic E-state index is 13.9. The number of rotatable bonds is 9. The molecule has 0 radical (unpaired) electrons. The van der Waals surface area contributed by atoms with Gasteiger partial charge in [-0.2, -0.15) is 0 Å². The monoisotopic (exact) mass is 486 g/mol. The van der Waals surface area contributed by atoms with Crippen molar-refractivity contribution in [3.05, 3.63) is 95.6 Å². The average Bonchev–Trinajstić information content (AvgIpc) is 3.03. The minimum atomic E-state index is -0.702. The van der Waals surface area contributed by atoms with Crippen LogP contribution in [0.1, 0.15) is 29.5 Å². The lowest BCUT2D eigenvalue weighted by molar-refractivity contribution is -0.132. The van der Waals surface area contributed by atoms with Crippen LogP contribution in [0, 0.1) is 0 Å². The van der Waals surface area contributed by atoms with Crippen molar-refractivity contribution in [1.29, 1.82) is 0 Å². The lowest BCUT2D eigenvalue weighted by Gasteiger charge is -2.28. The molecule has 1 heterocycles. The molecule has 7 heteroatoms. The number of carbonyl (C=O) groups excluding carboxylic acids is 2. The number of para-hydroxylation sites is 1. The van der Waals surface area contributed by atoms with Crippen molar-refractivity contribution < 1.29 is 14.8 Å². The molecule has 0 aromatic heterocycles. The SMILES string of the molecule is CN(C)c1ccc(CN2C(=O)C(N[C@@H](CCc3ccccc3)C(=O)NO)CCc3ccccc32)cc1. The van der Waals surface area contributed by atoms with Crippen LogP contribution in [0.5, 0.6) is 0 Å². The summed E-state index contributed by atoms with van der Waals surface area (Å²) >= 11 is 0. The van der Waals surface area contributed by atoms with E-state index in [0.29, 0.717) is 32.2 Å². The lowest BCUT2D eigenvalue weighted by atomic mass is 10.0. The number of nitrogens with one attached hydrogen (secondary N) is 2. The van der Waals surface area contributed by atoms with Crippen LogP contribution >= 0.6 is 0 Å². The molecule has 4 rings (SSSR count). The molecular weight excluding hydrogens is 452 g/mol. The summed E-state index contributed by atoms with van der Waals surface area (Å²) in [5.41, 5.74) is 6.99. The third-order valence-electron chi connectivity index (χ3n) is 6.74. The Morgan fingerprint density at radius 1 is 1.00 bits per heavy atom. The second-order valence-electron chi connectivity index (χ2n) is 9.42. The molecule has 0 saturated carbocycles. The molecule has 3 aromatic carbocycles. The van der Waals surface area contributed by atoms with Crippen LogP contribution in [0.4, 0.5) is 11.4 Å². The molecule has 0 spiro atoms. The van der Waals surface area contributed by atoms with Gasteiger partial charge in [0.15, 0.2) is 0 Å². The van der Waals surface area contributed by atoms with Crippen molar-refractivity contribution in [3.8, 4) is 0 Å². The van der Waals surface area contributed by atoms with Crippen LogP contribution in [0.15, 0.2) is 78.9 Å². The average molecular weight is 487 g/mol. The van der Waals surface area contributed by atoms with Crippen molar-refractivity contribution in [2.24, 2.45) is 0 Å². The van der Waals surface area contributed by atoms with Gasteiger partial charge in [0.05, 0.1) is 18.6 Å². The number of anilines is 2. The molecule has 3 N–H and O–H groups in total. The van der Waals surface area contributed by atoms with Crippen LogP contribution in [0.2, 0.25) is 0 Å². The van der Waals surface area contributed by atoms with Gasteiger partial charge in [0.2, 0.25) is 5.91 Å². The molecule has 1 aliphatic heterocycles. The summed E-state index contributed by atoms with van der Waals surface area (Å²) in [4.78, 5) is 30.2. The second-order valence-corrected chi connectivity index (χ2v) is 9.42. The highest BCUT2D eigenvalue weighted by Gasteiger charge is 2.33. The molecular formula is C29H34N4O3. The quantitative estimate of drug-likeness (QED) is 0.317. The Hall–Kier alpha value is -3.68. The fourth-order valence-electron chi connectivity index (χ4n) is 4.68.